The van der Waals surface area contributed by atoms with E-state index in [0.29, 0.717) is 5.92 Å². The first kappa shape index (κ1) is 15.5. The first-order valence-corrected chi connectivity index (χ1v) is 9.69. The van der Waals surface area contributed by atoms with Crippen LogP contribution in [-0.2, 0) is 16.4 Å². The second-order valence-electron chi connectivity index (χ2n) is 6.40. The molecule has 0 amide bonds. The van der Waals surface area contributed by atoms with E-state index in [-0.39, 0.29) is 4.90 Å². The van der Waals surface area contributed by atoms with Crippen molar-refractivity contribution in [3.8, 4) is 5.75 Å². The van der Waals surface area contributed by atoms with Crippen LogP contribution in [0.4, 0.5) is 5.69 Å². The monoisotopic (exact) mass is 344 g/mol. The summed E-state index contributed by atoms with van der Waals surface area (Å²) in [5.41, 5.74) is 3.44. The van der Waals surface area contributed by atoms with Crippen molar-refractivity contribution in [2.24, 2.45) is 5.14 Å². The Morgan fingerprint density at radius 1 is 1.21 bits per heavy atom. The van der Waals surface area contributed by atoms with Crippen molar-refractivity contribution in [2.45, 2.75) is 23.7 Å². The smallest absolute Gasteiger partial charge is 0.238 e. The van der Waals surface area contributed by atoms with Crippen LogP contribution in [0, 0.1) is 0 Å². The van der Waals surface area contributed by atoms with E-state index in [4.69, 9.17) is 9.88 Å². The topological polar surface area (TPSA) is 72.6 Å². The lowest BCUT2D eigenvalue weighted by Crippen LogP contribution is -2.29. The molecule has 2 heterocycles. The van der Waals surface area contributed by atoms with E-state index < -0.39 is 10.0 Å². The lowest BCUT2D eigenvalue weighted by molar-refractivity contribution is 0.268. The summed E-state index contributed by atoms with van der Waals surface area (Å²) in [6.07, 6.45) is 1.85. The van der Waals surface area contributed by atoms with Crippen LogP contribution in [0.25, 0.3) is 0 Å². The molecule has 0 aromatic heterocycles. The molecule has 0 fully saturated rings. The standard InChI is InChI=1S/C18H20N2O3S/c19-24(21,22)15-5-6-17-13(11-15)7-9-20(17)12-14-8-10-23-18-4-2-1-3-16(14)18/h1-6,11,14H,7-10,12H2,(H2,19,21,22)/t14-/m1/s1. The van der Waals surface area contributed by atoms with Crippen molar-refractivity contribution in [1.29, 1.82) is 0 Å². The minimum atomic E-state index is -3.64. The summed E-state index contributed by atoms with van der Waals surface area (Å²) in [6.45, 7) is 2.57. The van der Waals surface area contributed by atoms with Gasteiger partial charge in [0.2, 0.25) is 10.0 Å². The molecule has 2 aromatic carbocycles. The molecule has 126 valence electrons. The summed E-state index contributed by atoms with van der Waals surface area (Å²) in [5.74, 6) is 1.41. The van der Waals surface area contributed by atoms with Crippen molar-refractivity contribution in [2.75, 3.05) is 24.6 Å². The number of para-hydroxylation sites is 1. The lowest BCUT2D eigenvalue weighted by atomic mass is 9.92. The van der Waals surface area contributed by atoms with Gasteiger partial charge >= 0.3 is 0 Å². The molecule has 2 aromatic rings. The van der Waals surface area contributed by atoms with E-state index >= 15 is 0 Å². The number of rotatable bonds is 3. The minimum absolute atomic E-state index is 0.194. The maximum Gasteiger partial charge on any atom is 0.238 e. The van der Waals surface area contributed by atoms with Crippen molar-refractivity contribution in [3.63, 3.8) is 0 Å². The molecule has 0 saturated carbocycles. The third-order valence-corrected chi connectivity index (χ3v) is 5.81. The molecule has 0 unspecified atom stereocenters. The van der Waals surface area contributed by atoms with Crippen LogP contribution in [0.2, 0.25) is 0 Å². The van der Waals surface area contributed by atoms with E-state index in [0.717, 1.165) is 49.5 Å². The number of sulfonamides is 1. The third-order valence-electron chi connectivity index (χ3n) is 4.89. The fourth-order valence-electron chi connectivity index (χ4n) is 3.68. The van der Waals surface area contributed by atoms with Gasteiger partial charge in [0.25, 0.3) is 0 Å². The summed E-state index contributed by atoms with van der Waals surface area (Å²) < 4.78 is 28.8. The second kappa shape index (κ2) is 5.79. The van der Waals surface area contributed by atoms with Crippen LogP contribution in [0.3, 0.4) is 0 Å². The van der Waals surface area contributed by atoms with Crippen molar-refractivity contribution in [3.05, 3.63) is 53.6 Å². The average Bonchev–Trinajstić information content (AvgIpc) is 2.97. The van der Waals surface area contributed by atoms with E-state index in [1.807, 2.05) is 18.2 Å². The molecule has 1 atom stereocenters. The number of hydrogen-bond acceptors (Lipinski definition) is 4. The van der Waals surface area contributed by atoms with E-state index in [9.17, 15) is 8.42 Å². The molecule has 2 N–H and O–H groups in total. The Labute approximate surface area is 142 Å². The van der Waals surface area contributed by atoms with Gasteiger partial charge in [-0.3, -0.25) is 0 Å². The van der Waals surface area contributed by atoms with Crippen molar-refractivity contribution < 1.29 is 13.2 Å². The Morgan fingerprint density at radius 3 is 2.88 bits per heavy atom. The number of primary sulfonamides is 1. The molecular weight excluding hydrogens is 324 g/mol. The number of nitrogens with zero attached hydrogens (tertiary/aromatic N) is 1. The predicted molar refractivity (Wildman–Crippen MR) is 93.0 cm³/mol. The molecule has 0 spiro atoms. The fourth-order valence-corrected chi connectivity index (χ4v) is 4.25. The highest BCUT2D eigenvalue weighted by Crippen LogP contribution is 2.37. The maximum atomic E-state index is 11.5. The maximum absolute atomic E-state index is 11.5. The van der Waals surface area contributed by atoms with Crippen molar-refractivity contribution >= 4 is 15.7 Å². The van der Waals surface area contributed by atoms with E-state index in [1.54, 1.807) is 12.1 Å². The van der Waals surface area contributed by atoms with Crippen LogP contribution in [0.15, 0.2) is 47.4 Å². The number of hydrogen-bond donors (Lipinski definition) is 1. The van der Waals surface area contributed by atoms with E-state index in [2.05, 4.69) is 17.0 Å². The Kier molecular flexibility index (Phi) is 3.73. The first-order valence-electron chi connectivity index (χ1n) is 8.15. The molecule has 0 saturated heterocycles. The summed E-state index contributed by atoms with van der Waals surface area (Å²) in [5, 5.41) is 5.23. The molecule has 0 radical (unpaired) electrons. The lowest BCUT2D eigenvalue weighted by Gasteiger charge is -2.30. The Hall–Kier alpha value is -2.05. The Bertz CT molecular complexity index is 880. The highest BCUT2D eigenvalue weighted by atomic mass is 32.2. The molecule has 0 aliphatic carbocycles. The highest BCUT2D eigenvalue weighted by Gasteiger charge is 2.27. The van der Waals surface area contributed by atoms with Gasteiger partial charge in [-0.2, -0.15) is 0 Å². The van der Waals surface area contributed by atoms with Gasteiger partial charge in [-0.1, -0.05) is 18.2 Å². The zero-order valence-electron chi connectivity index (χ0n) is 13.3. The van der Waals surface area contributed by atoms with Gasteiger partial charge in [0.1, 0.15) is 5.75 Å². The molecule has 2 aliphatic heterocycles. The highest BCUT2D eigenvalue weighted by molar-refractivity contribution is 7.89. The van der Waals surface area contributed by atoms with Gasteiger partial charge in [-0.15, -0.1) is 0 Å². The zero-order chi connectivity index (χ0) is 16.7. The fraction of sp³-hybridized carbons (Fsp3) is 0.333. The van der Waals surface area contributed by atoms with Gasteiger partial charge in [0.15, 0.2) is 0 Å². The molecule has 24 heavy (non-hydrogen) atoms. The summed E-state index contributed by atoms with van der Waals surface area (Å²) in [7, 11) is -3.64. The summed E-state index contributed by atoms with van der Waals surface area (Å²) in [4.78, 5) is 2.54. The second-order valence-corrected chi connectivity index (χ2v) is 7.96. The quantitative estimate of drug-likeness (QED) is 0.927. The summed E-state index contributed by atoms with van der Waals surface area (Å²) >= 11 is 0. The number of nitrogens with two attached hydrogens (primary N) is 1. The van der Waals surface area contributed by atoms with E-state index in [1.165, 1.54) is 5.56 Å². The molecule has 0 bridgehead atoms. The van der Waals surface area contributed by atoms with Crippen LogP contribution in [-0.4, -0.2) is 28.1 Å². The predicted octanol–water partition coefficient (Wildman–Crippen LogP) is 2.26. The van der Waals surface area contributed by atoms with Gasteiger partial charge in [-0.05, 0) is 48.2 Å². The largest absolute Gasteiger partial charge is 0.493 e. The Morgan fingerprint density at radius 2 is 2.04 bits per heavy atom. The van der Waals surface area contributed by atoms with Gasteiger partial charge in [0, 0.05) is 24.7 Å². The van der Waals surface area contributed by atoms with Gasteiger partial charge in [-0.25, -0.2) is 13.6 Å². The number of benzene rings is 2. The van der Waals surface area contributed by atoms with Crippen LogP contribution < -0.4 is 14.8 Å². The average molecular weight is 344 g/mol. The minimum Gasteiger partial charge on any atom is -0.493 e. The number of ether oxygens (including phenoxy) is 1. The molecule has 2 aliphatic rings. The molecular formula is C18H20N2O3S. The Balaban J connectivity index is 1.59. The van der Waals surface area contributed by atoms with Crippen LogP contribution in [0.1, 0.15) is 23.5 Å². The van der Waals surface area contributed by atoms with Gasteiger partial charge < -0.3 is 9.64 Å². The first-order chi connectivity index (χ1) is 11.5. The number of fused-ring (bicyclic) bond motifs is 2. The van der Waals surface area contributed by atoms with Crippen LogP contribution in [0.5, 0.6) is 5.75 Å². The summed E-state index contributed by atoms with van der Waals surface area (Å²) in [6, 6.07) is 13.4. The third kappa shape index (κ3) is 2.76. The van der Waals surface area contributed by atoms with Crippen LogP contribution >= 0.6 is 0 Å². The SMILES string of the molecule is NS(=O)(=O)c1ccc2c(c1)CCN2C[C@H]1CCOc2ccccc21. The zero-order valence-corrected chi connectivity index (χ0v) is 14.1. The van der Waals surface area contributed by atoms with Crippen molar-refractivity contribution in [1.82, 2.24) is 0 Å². The molecule has 6 heteroatoms. The number of anilines is 1. The van der Waals surface area contributed by atoms with Gasteiger partial charge in [0.05, 0.1) is 11.5 Å². The normalized spacial score (nSPS) is 19.5. The molecule has 4 rings (SSSR count). The molecule has 5 nitrogen and oxygen atoms in total.